The molecule has 0 unspecified atom stereocenters. The normalized spacial score (nSPS) is 12.1. The number of amides is 1. The van der Waals surface area contributed by atoms with Crippen molar-refractivity contribution in [3.8, 4) is 5.75 Å². The van der Waals surface area contributed by atoms with Crippen LogP contribution in [-0.4, -0.2) is 39.5 Å². The molecule has 0 aliphatic rings. The van der Waals surface area contributed by atoms with Gasteiger partial charge in [-0.3, -0.25) is 9.59 Å². The van der Waals surface area contributed by atoms with Gasteiger partial charge in [0.2, 0.25) is 15.9 Å². The molecule has 156 valence electrons. The molecular formula is C19H21FN2O6S. The first-order chi connectivity index (χ1) is 13.7. The summed E-state index contributed by atoms with van der Waals surface area (Å²) in [7, 11) is -3.96. The van der Waals surface area contributed by atoms with Crippen molar-refractivity contribution in [1.29, 1.82) is 0 Å². The molecule has 0 radical (unpaired) electrons. The third kappa shape index (κ3) is 7.16. The van der Waals surface area contributed by atoms with Crippen LogP contribution < -0.4 is 14.8 Å². The zero-order valence-corrected chi connectivity index (χ0v) is 16.7. The van der Waals surface area contributed by atoms with Crippen molar-refractivity contribution in [1.82, 2.24) is 4.72 Å². The molecule has 2 rings (SSSR count). The summed E-state index contributed by atoms with van der Waals surface area (Å²) in [5.41, 5.74) is 0.449. The Balaban J connectivity index is 1.82. The molecule has 2 aromatic rings. The number of carbonyl (C=O) groups excluding carboxylic acids is 2. The van der Waals surface area contributed by atoms with Crippen LogP contribution in [0.25, 0.3) is 0 Å². The van der Waals surface area contributed by atoms with Crippen molar-refractivity contribution in [3.63, 3.8) is 0 Å². The number of anilines is 1. The second-order valence-electron chi connectivity index (χ2n) is 6.02. The predicted octanol–water partition coefficient (Wildman–Crippen LogP) is 2.07. The Labute approximate surface area is 168 Å². The molecule has 0 fully saturated rings. The van der Waals surface area contributed by atoms with Crippen LogP contribution in [0.5, 0.6) is 5.75 Å². The molecule has 10 heteroatoms. The van der Waals surface area contributed by atoms with E-state index >= 15 is 0 Å². The van der Waals surface area contributed by atoms with Crippen molar-refractivity contribution in [2.24, 2.45) is 0 Å². The number of halogens is 1. The van der Waals surface area contributed by atoms with E-state index in [2.05, 4.69) is 10.0 Å². The molecule has 0 saturated heterocycles. The average molecular weight is 424 g/mol. The molecule has 0 aliphatic carbocycles. The lowest BCUT2D eigenvalue weighted by molar-refractivity contribution is -0.145. The fraction of sp³-hybridized carbons (Fsp3) is 0.263. The summed E-state index contributed by atoms with van der Waals surface area (Å²) >= 11 is 0. The molecule has 1 atom stereocenters. The minimum Gasteiger partial charge on any atom is -0.490 e. The van der Waals surface area contributed by atoms with Crippen LogP contribution >= 0.6 is 0 Å². The number of hydrogen-bond acceptors (Lipinski definition) is 6. The van der Waals surface area contributed by atoms with Gasteiger partial charge in [-0.05, 0) is 55.5 Å². The number of benzene rings is 2. The fourth-order valence-corrected chi connectivity index (χ4v) is 3.42. The highest BCUT2D eigenvalue weighted by molar-refractivity contribution is 7.89. The molecule has 0 bridgehead atoms. The maximum atomic E-state index is 12.8. The van der Waals surface area contributed by atoms with Crippen molar-refractivity contribution < 1.29 is 31.9 Å². The molecule has 2 N–H and O–H groups in total. The van der Waals surface area contributed by atoms with Gasteiger partial charge >= 0.3 is 5.97 Å². The molecule has 0 aromatic heterocycles. The maximum absolute atomic E-state index is 12.8. The molecule has 29 heavy (non-hydrogen) atoms. The molecule has 0 aliphatic heterocycles. The second-order valence-corrected chi connectivity index (χ2v) is 7.73. The lowest BCUT2D eigenvalue weighted by Gasteiger charge is -2.14. The molecule has 0 spiro atoms. The van der Waals surface area contributed by atoms with Crippen LogP contribution in [0.2, 0.25) is 0 Å². The average Bonchev–Trinajstić information content (AvgIpc) is 2.66. The van der Waals surface area contributed by atoms with Gasteiger partial charge in [0.1, 0.15) is 30.8 Å². The van der Waals surface area contributed by atoms with Gasteiger partial charge in [-0.15, -0.1) is 0 Å². The Hall–Kier alpha value is -2.98. The van der Waals surface area contributed by atoms with Crippen molar-refractivity contribution in [2.45, 2.75) is 24.8 Å². The van der Waals surface area contributed by atoms with E-state index < -0.39 is 27.9 Å². The van der Waals surface area contributed by atoms with Crippen LogP contribution in [0.4, 0.5) is 10.1 Å². The Kier molecular flexibility index (Phi) is 7.68. The largest absolute Gasteiger partial charge is 0.490 e. The zero-order valence-electron chi connectivity index (χ0n) is 15.8. The standard InChI is InChI=1S/C19H21FN2O6S/c1-13(19(24)28-12-11-27-17-7-3-15(20)4-8-17)22-29(25,26)18-9-5-16(6-10-18)21-14(2)23/h3-10,13,22H,11-12H2,1-2H3,(H,21,23)/t13-/m0/s1. The summed E-state index contributed by atoms with van der Waals surface area (Å²) in [6.45, 7) is 2.62. The van der Waals surface area contributed by atoms with E-state index in [1.165, 1.54) is 62.4 Å². The van der Waals surface area contributed by atoms with Gasteiger partial charge in [-0.1, -0.05) is 0 Å². The highest BCUT2D eigenvalue weighted by Gasteiger charge is 2.23. The van der Waals surface area contributed by atoms with Gasteiger partial charge in [0.25, 0.3) is 0 Å². The lowest BCUT2D eigenvalue weighted by atomic mass is 10.3. The first-order valence-corrected chi connectivity index (χ1v) is 10.1. The van der Waals surface area contributed by atoms with E-state index in [1.54, 1.807) is 0 Å². The molecule has 1 amide bonds. The number of esters is 1. The summed E-state index contributed by atoms with van der Waals surface area (Å²) in [5, 5.41) is 2.53. The number of ether oxygens (including phenoxy) is 2. The van der Waals surface area contributed by atoms with Crippen molar-refractivity contribution in [2.75, 3.05) is 18.5 Å². The van der Waals surface area contributed by atoms with E-state index in [9.17, 15) is 22.4 Å². The van der Waals surface area contributed by atoms with Gasteiger partial charge in [-0.25, -0.2) is 12.8 Å². The van der Waals surface area contributed by atoms with Crippen LogP contribution in [0.1, 0.15) is 13.8 Å². The summed E-state index contributed by atoms with van der Waals surface area (Å²) < 4.78 is 50.0. The second kappa shape index (κ2) is 9.99. The number of sulfonamides is 1. The lowest BCUT2D eigenvalue weighted by Crippen LogP contribution is -2.39. The van der Waals surface area contributed by atoms with Crippen molar-refractivity contribution >= 4 is 27.6 Å². The number of carbonyl (C=O) groups is 2. The Morgan fingerprint density at radius 1 is 1.03 bits per heavy atom. The molecule has 0 saturated carbocycles. The minimum atomic E-state index is -3.96. The highest BCUT2D eigenvalue weighted by atomic mass is 32.2. The number of hydrogen-bond donors (Lipinski definition) is 2. The van der Waals surface area contributed by atoms with E-state index in [1.807, 2.05) is 0 Å². The SMILES string of the molecule is CC(=O)Nc1ccc(S(=O)(=O)N[C@@H](C)C(=O)OCCOc2ccc(F)cc2)cc1. The first-order valence-electron chi connectivity index (χ1n) is 8.62. The minimum absolute atomic E-state index is 0.0292. The Morgan fingerprint density at radius 2 is 1.66 bits per heavy atom. The zero-order chi connectivity index (χ0) is 21.4. The quantitative estimate of drug-likeness (QED) is 0.471. The molecule has 8 nitrogen and oxygen atoms in total. The van der Waals surface area contributed by atoms with Crippen LogP contribution in [0, 0.1) is 5.82 Å². The Bertz CT molecular complexity index is 946. The van der Waals surface area contributed by atoms with E-state index in [4.69, 9.17) is 9.47 Å². The smallest absolute Gasteiger partial charge is 0.324 e. The van der Waals surface area contributed by atoms with E-state index in [0.29, 0.717) is 11.4 Å². The fourth-order valence-electron chi connectivity index (χ4n) is 2.23. The molecule has 0 heterocycles. The molecular weight excluding hydrogens is 403 g/mol. The van der Waals surface area contributed by atoms with E-state index in [0.717, 1.165) is 0 Å². The maximum Gasteiger partial charge on any atom is 0.324 e. The monoisotopic (exact) mass is 424 g/mol. The van der Waals surface area contributed by atoms with Crippen LogP contribution in [0.15, 0.2) is 53.4 Å². The number of nitrogens with one attached hydrogen (secondary N) is 2. The summed E-state index contributed by atoms with van der Waals surface area (Å²) in [4.78, 5) is 22.9. The van der Waals surface area contributed by atoms with E-state index in [-0.39, 0.29) is 24.0 Å². The first kappa shape index (κ1) is 22.3. The summed E-state index contributed by atoms with van der Waals surface area (Å²) in [6.07, 6.45) is 0. The van der Waals surface area contributed by atoms with Gasteiger partial charge in [0.15, 0.2) is 0 Å². The molecule has 2 aromatic carbocycles. The van der Waals surface area contributed by atoms with Crippen LogP contribution in [0.3, 0.4) is 0 Å². The van der Waals surface area contributed by atoms with Gasteiger partial charge in [0, 0.05) is 12.6 Å². The summed E-state index contributed by atoms with van der Waals surface area (Å²) in [5.74, 6) is -1.03. The third-order valence-corrected chi connectivity index (χ3v) is 5.14. The van der Waals surface area contributed by atoms with Gasteiger partial charge < -0.3 is 14.8 Å². The summed E-state index contributed by atoms with van der Waals surface area (Å²) in [6, 6.07) is 9.71. The number of rotatable bonds is 9. The third-order valence-electron chi connectivity index (χ3n) is 3.58. The topological polar surface area (TPSA) is 111 Å². The van der Waals surface area contributed by atoms with Crippen molar-refractivity contribution in [3.05, 3.63) is 54.3 Å². The van der Waals surface area contributed by atoms with Gasteiger partial charge in [0.05, 0.1) is 4.90 Å². The highest BCUT2D eigenvalue weighted by Crippen LogP contribution is 2.15. The predicted molar refractivity (Wildman–Crippen MR) is 103 cm³/mol. The Morgan fingerprint density at radius 3 is 2.24 bits per heavy atom. The van der Waals surface area contributed by atoms with Gasteiger partial charge in [-0.2, -0.15) is 4.72 Å². The van der Waals surface area contributed by atoms with Crippen LogP contribution in [-0.2, 0) is 24.3 Å².